The molecule has 1 aliphatic carbocycles. The highest BCUT2D eigenvalue weighted by molar-refractivity contribution is 6.08. The standard InChI is InChI=1S/C28H22N4O2/c1-16-8-10-17(11-9-16)25-20(15-29)28-31-27(30)19-5-2-3-6-21(19)32(28)22-13-18(14-23(33)26(22)25)24-7-4-12-34-24/h2-12,18,25H,13-14H2,1H3,(H2,30,31)/t18-,25-/m0/s1. The van der Waals surface area contributed by atoms with Crippen LogP contribution >= 0.6 is 0 Å². The number of rotatable bonds is 2. The molecule has 34 heavy (non-hydrogen) atoms. The number of Topliss-reactive ketones (excluding diaryl/α,β-unsaturated/α-hetero) is 1. The quantitative estimate of drug-likeness (QED) is 0.595. The van der Waals surface area contributed by atoms with Gasteiger partial charge in [-0.3, -0.25) is 9.69 Å². The van der Waals surface area contributed by atoms with Crippen LogP contribution in [0.25, 0.3) is 0 Å². The van der Waals surface area contributed by atoms with Crippen LogP contribution in [0.3, 0.4) is 0 Å². The number of hydrogen-bond acceptors (Lipinski definition) is 6. The van der Waals surface area contributed by atoms with E-state index in [1.807, 2.05) is 72.5 Å². The van der Waals surface area contributed by atoms with Gasteiger partial charge >= 0.3 is 0 Å². The lowest BCUT2D eigenvalue weighted by Crippen LogP contribution is -2.40. The van der Waals surface area contributed by atoms with Gasteiger partial charge in [-0.05, 0) is 43.2 Å². The molecule has 1 aromatic heterocycles. The van der Waals surface area contributed by atoms with Crippen molar-refractivity contribution < 1.29 is 9.21 Å². The summed E-state index contributed by atoms with van der Waals surface area (Å²) in [5.74, 6) is 1.11. The second kappa shape index (κ2) is 7.60. The van der Waals surface area contributed by atoms with E-state index in [9.17, 15) is 10.1 Å². The van der Waals surface area contributed by atoms with Gasteiger partial charge in [0.1, 0.15) is 11.6 Å². The molecule has 6 rings (SSSR count). The van der Waals surface area contributed by atoms with E-state index in [0.29, 0.717) is 35.6 Å². The van der Waals surface area contributed by atoms with E-state index in [4.69, 9.17) is 15.1 Å². The first-order valence-corrected chi connectivity index (χ1v) is 11.3. The van der Waals surface area contributed by atoms with Gasteiger partial charge in [0, 0.05) is 29.2 Å². The molecule has 2 atom stereocenters. The fourth-order valence-corrected chi connectivity index (χ4v) is 5.33. The summed E-state index contributed by atoms with van der Waals surface area (Å²) in [6, 6.07) is 21.9. The number of anilines is 1. The van der Waals surface area contributed by atoms with E-state index in [1.54, 1.807) is 6.26 Å². The fourth-order valence-electron chi connectivity index (χ4n) is 5.33. The van der Waals surface area contributed by atoms with Crippen molar-refractivity contribution in [3.05, 3.63) is 112 Å². The van der Waals surface area contributed by atoms with Crippen molar-refractivity contribution in [1.29, 1.82) is 5.26 Å². The van der Waals surface area contributed by atoms with Crippen molar-refractivity contribution in [2.45, 2.75) is 31.6 Å². The van der Waals surface area contributed by atoms with Gasteiger partial charge in [-0.1, -0.05) is 42.0 Å². The summed E-state index contributed by atoms with van der Waals surface area (Å²) >= 11 is 0. The Morgan fingerprint density at radius 1 is 1.09 bits per heavy atom. The molecule has 0 spiro atoms. The third-order valence-electron chi connectivity index (χ3n) is 6.91. The number of amidine groups is 1. The maximum atomic E-state index is 13.8. The lowest BCUT2D eigenvalue weighted by atomic mass is 9.72. The first kappa shape index (κ1) is 20.3. The Morgan fingerprint density at radius 3 is 2.62 bits per heavy atom. The minimum atomic E-state index is -0.487. The van der Waals surface area contributed by atoms with Crippen molar-refractivity contribution in [2.24, 2.45) is 10.7 Å². The van der Waals surface area contributed by atoms with E-state index in [2.05, 4.69) is 6.07 Å². The molecule has 3 aliphatic rings. The highest BCUT2D eigenvalue weighted by Gasteiger charge is 2.45. The van der Waals surface area contributed by atoms with Gasteiger partial charge in [0.05, 0.1) is 29.5 Å². The number of carbonyl (C=O) groups excluding carboxylic acids is 1. The summed E-state index contributed by atoms with van der Waals surface area (Å²) < 4.78 is 5.69. The van der Waals surface area contributed by atoms with Crippen molar-refractivity contribution in [3.8, 4) is 6.07 Å². The van der Waals surface area contributed by atoms with Gasteiger partial charge in [0.15, 0.2) is 11.6 Å². The Labute approximate surface area is 197 Å². The summed E-state index contributed by atoms with van der Waals surface area (Å²) in [4.78, 5) is 20.5. The van der Waals surface area contributed by atoms with E-state index in [-0.39, 0.29) is 11.7 Å². The lowest BCUT2D eigenvalue weighted by Gasteiger charge is -2.43. The molecule has 6 nitrogen and oxygen atoms in total. The molecule has 0 fully saturated rings. The molecule has 0 saturated heterocycles. The average molecular weight is 447 g/mol. The Morgan fingerprint density at radius 2 is 1.88 bits per heavy atom. The monoisotopic (exact) mass is 446 g/mol. The van der Waals surface area contributed by atoms with Crippen LogP contribution in [0.4, 0.5) is 5.69 Å². The average Bonchev–Trinajstić information content (AvgIpc) is 3.39. The van der Waals surface area contributed by atoms with E-state index < -0.39 is 5.92 Å². The number of benzene rings is 2. The predicted octanol–water partition coefficient (Wildman–Crippen LogP) is 5.05. The molecule has 2 N–H and O–H groups in total. The van der Waals surface area contributed by atoms with Gasteiger partial charge in [-0.2, -0.15) is 5.26 Å². The molecule has 0 unspecified atom stereocenters. The number of nitrogens with zero attached hydrogens (tertiary/aromatic N) is 3. The molecule has 6 heteroatoms. The van der Waals surface area contributed by atoms with Gasteiger partial charge < -0.3 is 10.2 Å². The molecule has 166 valence electrons. The number of para-hydroxylation sites is 1. The maximum Gasteiger partial charge on any atom is 0.162 e. The molecular formula is C28H22N4O2. The number of allylic oxidation sites excluding steroid dienone is 3. The molecule has 2 aliphatic heterocycles. The van der Waals surface area contributed by atoms with Gasteiger partial charge in [0.25, 0.3) is 0 Å². The van der Waals surface area contributed by atoms with Crippen molar-refractivity contribution >= 4 is 17.3 Å². The van der Waals surface area contributed by atoms with Crippen LogP contribution in [0.1, 0.15) is 47.1 Å². The van der Waals surface area contributed by atoms with E-state index in [0.717, 1.165) is 33.8 Å². The minimum Gasteiger partial charge on any atom is -0.469 e. The number of ketones is 1. The summed E-state index contributed by atoms with van der Waals surface area (Å²) in [5, 5.41) is 10.3. The molecule has 0 radical (unpaired) electrons. The first-order valence-electron chi connectivity index (χ1n) is 11.3. The number of furan rings is 1. The third kappa shape index (κ3) is 2.94. The number of aliphatic imine (C=N–C) groups is 1. The Bertz CT molecular complexity index is 1450. The van der Waals surface area contributed by atoms with Crippen LogP contribution < -0.4 is 10.6 Å². The Balaban J connectivity index is 1.62. The number of nitrogens with two attached hydrogens (primary N) is 1. The topological polar surface area (TPSA) is 95.6 Å². The lowest BCUT2D eigenvalue weighted by molar-refractivity contribution is -0.116. The molecule has 2 aromatic carbocycles. The van der Waals surface area contributed by atoms with Crippen LogP contribution in [0.5, 0.6) is 0 Å². The minimum absolute atomic E-state index is 0.0278. The summed E-state index contributed by atoms with van der Waals surface area (Å²) in [6.45, 7) is 2.02. The smallest absolute Gasteiger partial charge is 0.162 e. The van der Waals surface area contributed by atoms with Crippen molar-refractivity contribution in [1.82, 2.24) is 0 Å². The van der Waals surface area contributed by atoms with Crippen molar-refractivity contribution in [2.75, 3.05) is 4.90 Å². The fraction of sp³-hybridized carbons (Fsp3) is 0.179. The van der Waals surface area contributed by atoms with Crippen LogP contribution in [0.15, 0.2) is 99.0 Å². The highest BCUT2D eigenvalue weighted by Crippen LogP contribution is 2.51. The number of nitriles is 1. The summed E-state index contributed by atoms with van der Waals surface area (Å²) in [6.07, 6.45) is 2.58. The molecule has 0 bridgehead atoms. The summed E-state index contributed by atoms with van der Waals surface area (Å²) in [7, 11) is 0. The zero-order valence-electron chi connectivity index (χ0n) is 18.7. The SMILES string of the molecule is Cc1ccc([C@H]2C(C#N)=C3N=C(N)c4ccccc4N3C3=C2C(=O)C[C@@H](c2ccco2)C3)cc1. The largest absolute Gasteiger partial charge is 0.469 e. The molecule has 0 amide bonds. The molecule has 3 heterocycles. The van der Waals surface area contributed by atoms with Crippen molar-refractivity contribution in [3.63, 3.8) is 0 Å². The van der Waals surface area contributed by atoms with Crippen LogP contribution in [-0.4, -0.2) is 11.6 Å². The van der Waals surface area contributed by atoms with Crippen LogP contribution in [0.2, 0.25) is 0 Å². The highest BCUT2D eigenvalue weighted by atomic mass is 16.3. The van der Waals surface area contributed by atoms with Gasteiger partial charge in [-0.25, -0.2) is 4.99 Å². The molecule has 0 saturated carbocycles. The van der Waals surface area contributed by atoms with E-state index >= 15 is 0 Å². The second-order valence-electron chi connectivity index (χ2n) is 8.95. The predicted molar refractivity (Wildman–Crippen MR) is 129 cm³/mol. The first-order chi connectivity index (χ1) is 16.6. The molecular weight excluding hydrogens is 424 g/mol. The summed E-state index contributed by atoms with van der Waals surface area (Å²) in [5.41, 5.74) is 12.0. The number of hydrogen-bond donors (Lipinski definition) is 1. The van der Waals surface area contributed by atoms with E-state index in [1.165, 1.54) is 0 Å². The number of fused-ring (bicyclic) bond motifs is 4. The van der Waals surface area contributed by atoms with Crippen LogP contribution in [0, 0.1) is 18.3 Å². The number of carbonyl (C=O) groups is 1. The maximum absolute atomic E-state index is 13.8. The van der Waals surface area contributed by atoms with Crippen LogP contribution in [-0.2, 0) is 4.79 Å². The third-order valence-corrected chi connectivity index (χ3v) is 6.91. The molecule has 3 aromatic rings. The zero-order chi connectivity index (χ0) is 23.4. The Kier molecular flexibility index (Phi) is 4.53. The normalized spacial score (nSPS) is 21.5. The van der Waals surface area contributed by atoms with Gasteiger partial charge in [-0.15, -0.1) is 0 Å². The zero-order valence-corrected chi connectivity index (χ0v) is 18.7. The Hall–Kier alpha value is -4.37. The second-order valence-corrected chi connectivity index (χ2v) is 8.95. The number of aryl methyl sites for hydroxylation is 1. The van der Waals surface area contributed by atoms with Gasteiger partial charge in [0.2, 0.25) is 0 Å².